The number of hydrogen-bond donors (Lipinski definition) is 5. The van der Waals surface area contributed by atoms with Crippen LogP contribution in [0, 0.1) is 11.8 Å². The van der Waals surface area contributed by atoms with Crippen LogP contribution < -0.4 is 5.63 Å². The Morgan fingerprint density at radius 1 is 1.14 bits per heavy atom. The quantitative estimate of drug-likeness (QED) is 0.101. The Labute approximate surface area is 251 Å². The van der Waals surface area contributed by atoms with Crippen molar-refractivity contribution in [3.8, 4) is 5.75 Å². The maximum absolute atomic E-state index is 12.9. The van der Waals surface area contributed by atoms with Crippen molar-refractivity contribution in [2.24, 2.45) is 11.8 Å². The summed E-state index contributed by atoms with van der Waals surface area (Å²) in [5.41, 5.74) is -0.0159. The van der Waals surface area contributed by atoms with Crippen LogP contribution >= 0.6 is 0 Å². The predicted octanol–water partition coefficient (Wildman–Crippen LogP) is 5.61. The average Bonchev–Trinajstić information content (AvgIpc) is 2.91. The van der Waals surface area contributed by atoms with Crippen LogP contribution in [-0.2, 0) is 10.2 Å². The van der Waals surface area contributed by atoms with Crippen LogP contribution in [0.1, 0.15) is 111 Å². The van der Waals surface area contributed by atoms with Gasteiger partial charge in [-0.1, -0.05) is 88.3 Å². The molecule has 0 spiro atoms. The standard InChI is InChI=1S/C34H54O8/c1-8-9-10-11-12-21(2)15-23(4)17-24(5)16-22(3)13-14-28(38)34(6,7)29-19-26(36)30(33(40)42-29)32-31(39)27(37)18-25(20-35)41-32/h13-14,16-17,19,21,24-25,27-28,31-32,35-39H,8-12,15,18,20H2,1-7H3/b14-13+,22-16+,23-17-/t21-,24-,25-,27-,28-,31+,32-/m1/s1. The first-order valence-electron chi connectivity index (χ1n) is 15.4. The Morgan fingerprint density at radius 2 is 1.83 bits per heavy atom. The van der Waals surface area contributed by atoms with Gasteiger partial charge in [0.1, 0.15) is 29.3 Å². The van der Waals surface area contributed by atoms with E-state index in [-0.39, 0.29) is 23.7 Å². The number of aromatic hydroxyl groups is 1. The molecule has 1 aromatic rings. The summed E-state index contributed by atoms with van der Waals surface area (Å²) in [4.78, 5) is 12.9. The number of aliphatic hydroxyl groups is 4. The molecule has 1 saturated heterocycles. The Morgan fingerprint density at radius 3 is 2.45 bits per heavy atom. The molecule has 42 heavy (non-hydrogen) atoms. The molecular formula is C34H54O8. The van der Waals surface area contributed by atoms with Gasteiger partial charge >= 0.3 is 5.63 Å². The number of hydrogen-bond acceptors (Lipinski definition) is 8. The largest absolute Gasteiger partial charge is 0.507 e. The van der Waals surface area contributed by atoms with E-state index in [4.69, 9.17) is 9.15 Å². The number of unbranched alkanes of at least 4 members (excludes halogenated alkanes) is 3. The summed E-state index contributed by atoms with van der Waals surface area (Å²) in [6.45, 7) is 13.8. The molecule has 2 heterocycles. The Kier molecular flexibility index (Phi) is 14.2. The van der Waals surface area contributed by atoms with Gasteiger partial charge in [-0.15, -0.1) is 0 Å². The zero-order valence-corrected chi connectivity index (χ0v) is 26.5. The maximum Gasteiger partial charge on any atom is 0.345 e. The minimum absolute atomic E-state index is 0.00909. The van der Waals surface area contributed by atoms with Crippen molar-refractivity contribution < 1.29 is 34.7 Å². The van der Waals surface area contributed by atoms with E-state index in [1.54, 1.807) is 19.9 Å². The Balaban J connectivity index is 2.10. The Hall–Kier alpha value is -2.23. The number of allylic oxidation sites excluding steroid dienone is 5. The second kappa shape index (κ2) is 16.6. The van der Waals surface area contributed by atoms with E-state index in [2.05, 4.69) is 39.8 Å². The lowest BCUT2D eigenvalue weighted by Crippen LogP contribution is -2.46. The van der Waals surface area contributed by atoms with Gasteiger partial charge in [0.05, 0.1) is 30.3 Å². The molecule has 8 heteroatoms. The molecule has 1 aliphatic rings. The van der Waals surface area contributed by atoms with E-state index < -0.39 is 53.9 Å². The molecule has 0 bridgehead atoms. The van der Waals surface area contributed by atoms with Crippen molar-refractivity contribution in [1.82, 2.24) is 0 Å². The molecule has 0 unspecified atom stereocenters. The molecule has 5 N–H and O–H groups in total. The summed E-state index contributed by atoms with van der Waals surface area (Å²) in [7, 11) is 0. The fraction of sp³-hybridized carbons (Fsp3) is 0.676. The van der Waals surface area contributed by atoms with Crippen molar-refractivity contribution in [3.63, 3.8) is 0 Å². The number of rotatable bonds is 15. The third-order valence-electron chi connectivity index (χ3n) is 8.21. The third-order valence-corrected chi connectivity index (χ3v) is 8.21. The Bertz CT molecular complexity index is 1130. The highest BCUT2D eigenvalue weighted by atomic mass is 16.5. The van der Waals surface area contributed by atoms with Crippen LogP contribution in [0.25, 0.3) is 0 Å². The van der Waals surface area contributed by atoms with Crippen LogP contribution in [-0.4, -0.2) is 56.6 Å². The highest BCUT2D eigenvalue weighted by Crippen LogP contribution is 2.37. The van der Waals surface area contributed by atoms with Crippen molar-refractivity contribution in [3.05, 3.63) is 63.3 Å². The molecule has 0 radical (unpaired) electrons. The van der Waals surface area contributed by atoms with Gasteiger partial charge < -0.3 is 34.7 Å². The summed E-state index contributed by atoms with van der Waals surface area (Å²) in [5.74, 6) is 0.469. The molecule has 1 aromatic heterocycles. The van der Waals surface area contributed by atoms with Crippen LogP contribution in [0.4, 0.5) is 0 Å². The lowest BCUT2D eigenvalue weighted by Gasteiger charge is -2.36. The summed E-state index contributed by atoms with van der Waals surface area (Å²) in [6.07, 6.45) is 9.45. The maximum atomic E-state index is 12.9. The first kappa shape index (κ1) is 36.0. The molecule has 0 amide bonds. The topological polar surface area (TPSA) is 141 Å². The summed E-state index contributed by atoms with van der Waals surface area (Å²) in [5, 5.41) is 51.7. The smallest absolute Gasteiger partial charge is 0.345 e. The highest BCUT2D eigenvalue weighted by Gasteiger charge is 2.41. The van der Waals surface area contributed by atoms with Gasteiger partial charge in [0.2, 0.25) is 0 Å². The van der Waals surface area contributed by atoms with Crippen molar-refractivity contribution in [2.45, 2.75) is 129 Å². The van der Waals surface area contributed by atoms with Gasteiger partial charge in [-0.3, -0.25) is 0 Å². The summed E-state index contributed by atoms with van der Waals surface area (Å²) in [6, 6.07) is 1.22. The molecular weight excluding hydrogens is 536 g/mol. The minimum atomic E-state index is -1.48. The van der Waals surface area contributed by atoms with Crippen LogP contribution in [0.3, 0.4) is 0 Å². The number of ether oxygens (including phenoxy) is 1. The van der Waals surface area contributed by atoms with Crippen LogP contribution in [0.15, 0.2) is 50.7 Å². The van der Waals surface area contributed by atoms with Crippen molar-refractivity contribution in [1.29, 1.82) is 0 Å². The van der Waals surface area contributed by atoms with E-state index in [1.807, 2.05) is 13.0 Å². The molecule has 0 aliphatic carbocycles. The fourth-order valence-electron chi connectivity index (χ4n) is 5.62. The predicted molar refractivity (Wildman–Crippen MR) is 165 cm³/mol. The highest BCUT2D eigenvalue weighted by molar-refractivity contribution is 5.36. The van der Waals surface area contributed by atoms with Gasteiger partial charge in [-0.2, -0.15) is 0 Å². The fourth-order valence-corrected chi connectivity index (χ4v) is 5.62. The van der Waals surface area contributed by atoms with E-state index in [0.29, 0.717) is 5.92 Å². The second-order valence-electron chi connectivity index (χ2n) is 12.8. The summed E-state index contributed by atoms with van der Waals surface area (Å²) >= 11 is 0. The molecule has 238 valence electrons. The normalized spacial score (nSPS) is 24.6. The van der Waals surface area contributed by atoms with Gasteiger partial charge in [-0.25, -0.2) is 4.79 Å². The lowest BCUT2D eigenvalue weighted by molar-refractivity contribution is -0.180. The molecule has 0 aromatic carbocycles. The van der Waals surface area contributed by atoms with E-state index in [9.17, 15) is 30.3 Å². The summed E-state index contributed by atoms with van der Waals surface area (Å²) < 4.78 is 11.0. The average molecular weight is 591 g/mol. The van der Waals surface area contributed by atoms with Crippen LogP contribution in [0.5, 0.6) is 5.75 Å². The zero-order chi connectivity index (χ0) is 31.6. The van der Waals surface area contributed by atoms with E-state index in [0.717, 1.165) is 12.0 Å². The lowest BCUT2D eigenvalue weighted by atomic mass is 9.82. The van der Waals surface area contributed by atoms with Gasteiger partial charge in [0.25, 0.3) is 0 Å². The SMILES string of the molecule is CCCCCC[C@@H](C)C/C(C)=C\[C@H](C)/C=C(C)/C=C/[C@@H](O)C(C)(C)c1cc(O)c([C@H]2O[C@@H](CO)C[C@@H](O)[C@@H]2O)c(=O)o1. The first-order valence-corrected chi connectivity index (χ1v) is 15.4. The monoisotopic (exact) mass is 590 g/mol. The van der Waals surface area contributed by atoms with Crippen LogP contribution in [0.2, 0.25) is 0 Å². The molecule has 2 rings (SSSR count). The molecule has 0 saturated carbocycles. The third kappa shape index (κ3) is 10.2. The van der Waals surface area contributed by atoms with Gasteiger partial charge in [0.15, 0.2) is 0 Å². The van der Waals surface area contributed by atoms with E-state index in [1.165, 1.54) is 43.7 Å². The second-order valence-corrected chi connectivity index (χ2v) is 12.8. The van der Waals surface area contributed by atoms with Gasteiger partial charge in [0, 0.05) is 12.5 Å². The molecule has 1 fully saturated rings. The van der Waals surface area contributed by atoms with Crippen molar-refractivity contribution in [2.75, 3.05) is 6.61 Å². The van der Waals surface area contributed by atoms with E-state index >= 15 is 0 Å². The first-order chi connectivity index (χ1) is 19.7. The van der Waals surface area contributed by atoms with Crippen molar-refractivity contribution >= 4 is 0 Å². The van der Waals surface area contributed by atoms with Gasteiger partial charge in [-0.05, 0) is 46.0 Å². The minimum Gasteiger partial charge on any atom is -0.507 e. The zero-order valence-electron chi connectivity index (χ0n) is 26.5. The molecule has 7 atom stereocenters. The number of aliphatic hydroxyl groups excluding tert-OH is 4. The molecule has 8 nitrogen and oxygen atoms in total. The molecule has 1 aliphatic heterocycles.